The van der Waals surface area contributed by atoms with Crippen LogP contribution < -0.4 is 10.5 Å². The highest BCUT2D eigenvalue weighted by molar-refractivity contribution is 7.92. The Balaban J connectivity index is 1.50. The van der Waals surface area contributed by atoms with E-state index in [1.54, 1.807) is 17.5 Å². The maximum Gasteiger partial charge on any atom is 0.417 e. The minimum absolute atomic E-state index is 0.107. The van der Waals surface area contributed by atoms with Gasteiger partial charge in [0.1, 0.15) is 5.82 Å². The SMILES string of the molecule is O=c1[nH]c2ccc(S(=O)(=O)Nc3nc4scc(-c5ccc(F)cc5)n4n3)cc2o1. The van der Waals surface area contributed by atoms with Crippen molar-refractivity contribution >= 4 is 43.4 Å². The van der Waals surface area contributed by atoms with Crippen molar-refractivity contribution in [3.63, 3.8) is 0 Å². The number of hydrogen-bond donors (Lipinski definition) is 2. The normalized spacial score (nSPS) is 12.0. The Kier molecular flexibility index (Phi) is 3.79. The number of fused-ring (bicyclic) bond motifs is 2. The van der Waals surface area contributed by atoms with E-state index in [1.807, 2.05) is 0 Å². The first-order valence-electron chi connectivity index (χ1n) is 8.15. The van der Waals surface area contributed by atoms with E-state index in [9.17, 15) is 17.6 Å². The van der Waals surface area contributed by atoms with E-state index >= 15 is 0 Å². The van der Waals surface area contributed by atoms with Crippen molar-refractivity contribution in [2.75, 3.05) is 4.72 Å². The molecule has 0 atom stereocenters. The van der Waals surface area contributed by atoms with Gasteiger partial charge in [0.15, 0.2) is 5.58 Å². The average Bonchev–Trinajstić information content (AvgIpc) is 3.34. The van der Waals surface area contributed by atoms with Crippen LogP contribution in [-0.2, 0) is 10.0 Å². The molecule has 5 aromatic rings. The Morgan fingerprint density at radius 1 is 1.17 bits per heavy atom. The number of benzene rings is 2. The van der Waals surface area contributed by atoms with Crippen molar-refractivity contribution < 1.29 is 17.2 Å². The molecule has 0 saturated heterocycles. The lowest BCUT2D eigenvalue weighted by atomic mass is 10.2. The summed E-state index contributed by atoms with van der Waals surface area (Å²) in [6.07, 6.45) is 0. The second kappa shape index (κ2) is 6.25. The van der Waals surface area contributed by atoms with Crippen LogP contribution in [0.15, 0.2) is 62.0 Å². The van der Waals surface area contributed by atoms with Gasteiger partial charge in [0.25, 0.3) is 16.0 Å². The van der Waals surface area contributed by atoms with Crippen LogP contribution in [0, 0.1) is 5.82 Å². The molecule has 0 spiro atoms. The van der Waals surface area contributed by atoms with Gasteiger partial charge in [-0.2, -0.15) is 4.98 Å². The second-order valence-electron chi connectivity index (χ2n) is 6.04. The summed E-state index contributed by atoms with van der Waals surface area (Å²) in [6.45, 7) is 0. The third kappa shape index (κ3) is 3.07. The molecule has 0 amide bonds. The van der Waals surface area contributed by atoms with Crippen molar-refractivity contribution in [1.82, 2.24) is 19.6 Å². The van der Waals surface area contributed by atoms with Gasteiger partial charge in [0, 0.05) is 17.0 Å². The zero-order chi connectivity index (χ0) is 20.2. The predicted octanol–water partition coefficient (Wildman–Crippen LogP) is 2.83. The van der Waals surface area contributed by atoms with Crippen LogP contribution >= 0.6 is 11.3 Å². The van der Waals surface area contributed by atoms with Crippen molar-refractivity contribution in [3.05, 3.63) is 64.2 Å². The van der Waals surface area contributed by atoms with Crippen LogP contribution in [0.4, 0.5) is 10.3 Å². The Labute approximate surface area is 165 Å². The summed E-state index contributed by atoms with van der Waals surface area (Å²) < 4.78 is 47.2. The number of aromatic nitrogens is 4. The van der Waals surface area contributed by atoms with E-state index in [2.05, 4.69) is 19.8 Å². The van der Waals surface area contributed by atoms with Gasteiger partial charge < -0.3 is 4.42 Å². The Morgan fingerprint density at radius 2 is 1.97 bits per heavy atom. The van der Waals surface area contributed by atoms with Gasteiger partial charge in [-0.3, -0.25) is 4.98 Å². The van der Waals surface area contributed by atoms with Gasteiger partial charge in [-0.05, 0) is 36.4 Å². The summed E-state index contributed by atoms with van der Waals surface area (Å²) in [5.41, 5.74) is 1.87. The molecule has 0 unspecified atom stereocenters. The third-order valence-electron chi connectivity index (χ3n) is 4.15. The van der Waals surface area contributed by atoms with Gasteiger partial charge in [0.2, 0.25) is 4.96 Å². The maximum absolute atomic E-state index is 13.2. The van der Waals surface area contributed by atoms with Crippen LogP contribution in [0.2, 0.25) is 0 Å². The standard InChI is InChI=1S/C17H10FN5O4S2/c18-10-3-1-9(2-4-10)13-8-28-16-20-15(21-23(13)16)22-29(25,26)11-5-6-12-14(7-11)27-17(24)19-12/h1-8H,(H,19,24)(H,21,22). The number of anilines is 1. The molecule has 9 nitrogen and oxygen atoms in total. The highest BCUT2D eigenvalue weighted by Crippen LogP contribution is 2.27. The number of aromatic amines is 1. The Morgan fingerprint density at radius 3 is 2.76 bits per heavy atom. The third-order valence-corrected chi connectivity index (χ3v) is 6.29. The van der Waals surface area contributed by atoms with Crippen molar-refractivity contribution in [2.24, 2.45) is 0 Å². The summed E-state index contributed by atoms with van der Waals surface area (Å²) in [7, 11) is -4.01. The zero-order valence-corrected chi connectivity index (χ0v) is 15.9. The molecule has 0 saturated carbocycles. The molecule has 12 heteroatoms. The monoisotopic (exact) mass is 431 g/mol. The van der Waals surface area contributed by atoms with Crippen molar-refractivity contribution in [1.29, 1.82) is 0 Å². The van der Waals surface area contributed by atoms with E-state index in [4.69, 9.17) is 4.42 Å². The van der Waals surface area contributed by atoms with Crippen molar-refractivity contribution in [2.45, 2.75) is 4.90 Å². The molecule has 0 bridgehead atoms. The number of oxazole rings is 1. The van der Waals surface area contributed by atoms with Crippen LogP contribution in [-0.4, -0.2) is 28.0 Å². The predicted molar refractivity (Wildman–Crippen MR) is 104 cm³/mol. The molecular formula is C17H10FN5O4S2. The fraction of sp³-hybridized carbons (Fsp3) is 0. The van der Waals surface area contributed by atoms with Gasteiger partial charge >= 0.3 is 5.76 Å². The first-order chi connectivity index (χ1) is 13.9. The number of thiazole rings is 1. The molecule has 3 aromatic heterocycles. The van der Waals surface area contributed by atoms with E-state index in [-0.39, 0.29) is 22.2 Å². The van der Waals surface area contributed by atoms with Crippen LogP contribution in [0.5, 0.6) is 0 Å². The quantitative estimate of drug-likeness (QED) is 0.451. The highest BCUT2D eigenvalue weighted by atomic mass is 32.2. The molecule has 3 heterocycles. The second-order valence-corrected chi connectivity index (χ2v) is 8.55. The largest absolute Gasteiger partial charge is 0.417 e. The molecule has 2 aromatic carbocycles. The summed E-state index contributed by atoms with van der Waals surface area (Å²) in [5, 5.41) is 6.00. The van der Waals surface area contributed by atoms with Crippen molar-refractivity contribution in [3.8, 4) is 11.3 Å². The Bertz CT molecular complexity index is 1530. The molecule has 29 heavy (non-hydrogen) atoms. The van der Waals surface area contributed by atoms with Crippen LogP contribution in [0.3, 0.4) is 0 Å². The summed E-state index contributed by atoms with van der Waals surface area (Å²) in [6, 6.07) is 9.85. The highest BCUT2D eigenvalue weighted by Gasteiger charge is 2.20. The lowest BCUT2D eigenvalue weighted by Gasteiger charge is -2.04. The molecule has 0 aliphatic heterocycles. The number of rotatable bonds is 4. The minimum Gasteiger partial charge on any atom is -0.408 e. The number of nitrogens with one attached hydrogen (secondary N) is 2. The average molecular weight is 431 g/mol. The number of nitrogens with zero attached hydrogens (tertiary/aromatic N) is 3. The van der Waals surface area contributed by atoms with Gasteiger partial charge in [0.05, 0.1) is 16.1 Å². The van der Waals surface area contributed by atoms with E-state index in [1.165, 1.54) is 46.2 Å². The minimum atomic E-state index is -4.01. The van der Waals surface area contributed by atoms with Gasteiger partial charge in [-0.1, -0.05) is 0 Å². The number of H-pyrrole nitrogens is 1. The molecule has 0 aliphatic rings. The topological polar surface area (TPSA) is 122 Å². The van der Waals surface area contributed by atoms with E-state index < -0.39 is 15.8 Å². The maximum atomic E-state index is 13.2. The smallest absolute Gasteiger partial charge is 0.408 e. The molecule has 0 radical (unpaired) electrons. The van der Waals surface area contributed by atoms with Gasteiger partial charge in [-0.25, -0.2) is 26.8 Å². The zero-order valence-electron chi connectivity index (χ0n) is 14.3. The number of hydrogen-bond acceptors (Lipinski definition) is 7. The summed E-state index contributed by atoms with van der Waals surface area (Å²) in [5.74, 6) is -1.15. The molecule has 146 valence electrons. The van der Waals surface area contributed by atoms with Crippen LogP contribution in [0.25, 0.3) is 27.3 Å². The molecule has 0 fully saturated rings. The molecule has 5 rings (SSSR count). The lowest BCUT2D eigenvalue weighted by Crippen LogP contribution is -2.14. The van der Waals surface area contributed by atoms with E-state index in [0.717, 1.165) is 0 Å². The van der Waals surface area contributed by atoms with E-state index in [0.29, 0.717) is 21.7 Å². The van der Waals surface area contributed by atoms with Crippen LogP contribution in [0.1, 0.15) is 0 Å². The first-order valence-corrected chi connectivity index (χ1v) is 10.5. The molecule has 0 aliphatic carbocycles. The lowest BCUT2D eigenvalue weighted by molar-refractivity contribution is 0.554. The Hall–Kier alpha value is -3.51. The summed E-state index contributed by atoms with van der Waals surface area (Å²) in [4.78, 5) is 18.2. The fourth-order valence-corrected chi connectivity index (χ4v) is 4.60. The number of halogens is 1. The first kappa shape index (κ1) is 17.6. The fourth-order valence-electron chi connectivity index (χ4n) is 2.82. The summed E-state index contributed by atoms with van der Waals surface area (Å²) >= 11 is 1.27. The van der Waals surface area contributed by atoms with Gasteiger partial charge in [-0.15, -0.1) is 16.4 Å². The molecule has 2 N–H and O–H groups in total. The molecular weight excluding hydrogens is 421 g/mol. The number of sulfonamides is 1.